The Morgan fingerprint density at radius 1 is 1.17 bits per heavy atom. The molecule has 0 aliphatic heterocycles. The van der Waals surface area contributed by atoms with Crippen LogP contribution in [-0.2, 0) is 26.7 Å². The van der Waals surface area contributed by atoms with Crippen LogP contribution in [0.3, 0.4) is 0 Å². The van der Waals surface area contributed by atoms with Gasteiger partial charge in [-0.2, -0.15) is 0 Å². The Morgan fingerprint density at radius 2 is 1.88 bits per heavy atom. The van der Waals surface area contributed by atoms with Gasteiger partial charge in [0.25, 0.3) is 0 Å². The SMILES string of the molecule is CCCCCc1oc(CS(=O)(=O)c2ccccc2)cc1C(=O)OC. The lowest BCUT2D eigenvalue weighted by Gasteiger charge is -2.02. The van der Waals surface area contributed by atoms with Crippen LogP contribution >= 0.6 is 0 Å². The first-order chi connectivity index (χ1) is 11.5. The maximum atomic E-state index is 12.4. The molecule has 0 unspecified atom stereocenters. The van der Waals surface area contributed by atoms with Gasteiger partial charge < -0.3 is 9.15 Å². The molecule has 0 aliphatic rings. The minimum Gasteiger partial charge on any atom is -0.465 e. The molecule has 0 aliphatic carbocycles. The van der Waals surface area contributed by atoms with Gasteiger partial charge in [-0.25, -0.2) is 13.2 Å². The third-order valence-electron chi connectivity index (χ3n) is 3.71. The molecule has 0 atom stereocenters. The fourth-order valence-corrected chi connectivity index (χ4v) is 3.71. The Morgan fingerprint density at radius 3 is 2.50 bits per heavy atom. The zero-order valence-electron chi connectivity index (χ0n) is 13.9. The zero-order chi connectivity index (χ0) is 17.6. The average molecular weight is 350 g/mol. The molecule has 130 valence electrons. The summed E-state index contributed by atoms with van der Waals surface area (Å²) in [4.78, 5) is 12.1. The van der Waals surface area contributed by atoms with Crippen molar-refractivity contribution in [2.45, 2.75) is 43.3 Å². The molecule has 0 amide bonds. The van der Waals surface area contributed by atoms with E-state index in [2.05, 4.69) is 6.92 Å². The van der Waals surface area contributed by atoms with E-state index < -0.39 is 15.8 Å². The number of benzene rings is 1. The van der Waals surface area contributed by atoms with E-state index in [9.17, 15) is 13.2 Å². The molecule has 24 heavy (non-hydrogen) atoms. The van der Waals surface area contributed by atoms with Crippen molar-refractivity contribution in [2.75, 3.05) is 7.11 Å². The van der Waals surface area contributed by atoms with E-state index in [1.54, 1.807) is 30.3 Å². The number of unbranched alkanes of at least 4 members (excludes halogenated alkanes) is 2. The van der Waals surface area contributed by atoms with Gasteiger partial charge in [0.15, 0.2) is 9.84 Å². The van der Waals surface area contributed by atoms with Gasteiger partial charge in [0, 0.05) is 6.42 Å². The van der Waals surface area contributed by atoms with Gasteiger partial charge in [0.2, 0.25) is 0 Å². The van der Waals surface area contributed by atoms with Crippen LogP contribution in [0.4, 0.5) is 0 Å². The Hall–Kier alpha value is -2.08. The summed E-state index contributed by atoms with van der Waals surface area (Å²) in [6, 6.07) is 9.67. The maximum Gasteiger partial charge on any atom is 0.341 e. The molecule has 0 N–H and O–H groups in total. The van der Waals surface area contributed by atoms with E-state index >= 15 is 0 Å². The summed E-state index contributed by atoms with van der Waals surface area (Å²) in [5.74, 6) is -0.0395. The minimum atomic E-state index is -3.52. The highest BCUT2D eigenvalue weighted by atomic mass is 32.2. The molecule has 0 saturated heterocycles. The monoisotopic (exact) mass is 350 g/mol. The second-order valence-electron chi connectivity index (χ2n) is 5.57. The van der Waals surface area contributed by atoms with Crippen molar-refractivity contribution in [2.24, 2.45) is 0 Å². The topological polar surface area (TPSA) is 73.6 Å². The second kappa shape index (κ2) is 8.15. The summed E-state index contributed by atoms with van der Waals surface area (Å²) in [7, 11) is -2.22. The third kappa shape index (κ3) is 4.47. The van der Waals surface area contributed by atoms with Gasteiger partial charge in [-0.15, -0.1) is 0 Å². The Kier molecular flexibility index (Phi) is 6.20. The predicted octanol–water partition coefficient (Wildman–Crippen LogP) is 3.77. The van der Waals surface area contributed by atoms with Crippen LogP contribution in [-0.4, -0.2) is 21.5 Å². The molecule has 0 bridgehead atoms. The number of carbonyl (C=O) groups is 1. The van der Waals surface area contributed by atoms with Gasteiger partial charge in [-0.1, -0.05) is 38.0 Å². The molecule has 2 rings (SSSR count). The number of esters is 1. The number of aryl methyl sites for hydroxylation is 1. The van der Waals surface area contributed by atoms with Gasteiger partial charge in [0.1, 0.15) is 22.8 Å². The predicted molar refractivity (Wildman–Crippen MR) is 90.6 cm³/mol. The van der Waals surface area contributed by atoms with Crippen molar-refractivity contribution < 1.29 is 22.4 Å². The second-order valence-corrected chi connectivity index (χ2v) is 7.56. The van der Waals surface area contributed by atoms with Crippen LogP contribution in [0.5, 0.6) is 0 Å². The van der Waals surface area contributed by atoms with E-state index in [-0.39, 0.29) is 16.4 Å². The summed E-state index contributed by atoms with van der Waals surface area (Å²) in [6.45, 7) is 2.08. The van der Waals surface area contributed by atoms with Crippen molar-refractivity contribution in [3.63, 3.8) is 0 Å². The van der Waals surface area contributed by atoms with Crippen LogP contribution in [0.25, 0.3) is 0 Å². The lowest BCUT2D eigenvalue weighted by Crippen LogP contribution is -2.04. The number of rotatable bonds is 8. The summed E-state index contributed by atoms with van der Waals surface area (Å²) in [5, 5.41) is 0. The zero-order valence-corrected chi connectivity index (χ0v) is 14.8. The highest BCUT2D eigenvalue weighted by Gasteiger charge is 2.22. The number of furan rings is 1. The fourth-order valence-electron chi connectivity index (χ4n) is 2.46. The highest BCUT2D eigenvalue weighted by Crippen LogP contribution is 2.23. The molecular weight excluding hydrogens is 328 g/mol. The number of ether oxygens (including phenoxy) is 1. The molecule has 0 radical (unpaired) electrons. The lowest BCUT2D eigenvalue weighted by atomic mass is 10.1. The van der Waals surface area contributed by atoms with E-state index in [0.29, 0.717) is 17.7 Å². The van der Waals surface area contributed by atoms with Gasteiger partial charge in [-0.3, -0.25) is 0 Å². The van der Waals surface area contributed by atoms with Crippen LogP contribution in [0.2, 0.25) is 0 Å². The van der Waals surface area contributed by atoms with E-state index in [4.69, 9.17) is 9.15 Å². The number of carbonyl (C=O) groups excluding carboxylic acids is 1. The summed E-state index contributed by atoms with van der Waals surface area (Å²) in [6.07, 6.45) is 3.52. The number of sulfone groups is 1. The quantitative estimate of drug-likeness (QED) is 0.535. The Bertz CT molecular complexity index is 775. The first-order valence-electron chi connectivity index (χ1n) is 7.95. The molecule has 5 nitrogen and oxygen atoms in total. The highest BCUT2D eigenvalue weighted by molar-refractivity contribution is 7.90. The van der Waals surface area contributed by atoms with Crippen molar-refractivity contribution in [1.29, 1.82) is 0 Å². The molecule has 1 aromatic heterocycles. The lowest BCUT2D eigenvalue weighted by molar-refractivity contribution is 0.0598. The standard InChI is InChI=1S/C18H22O5S/c1-3-4-6-11-17-16(18(19)22-2)12-14(23-17)13-24(20,21)15-9-7-5-8-10-15/h5,7-10,12H,3-4,6,11,13H2,1-2H3. The van der Waals surface area contributed by atoms with Crippen molar-refractivity contribution >= 4 is 15.8 Å². The molecule has 6 heteroatoms. The largest absolute Gasteiger partial charge is 0.465 e. The van der Waals surface area contributed by atoms with E-state index in [0.717, 1.165) is 19.3 Å². The molecule has 2 aromatic rings. The Labute approximate surface area is 142 Å². The fraction of sp³-hybridized carbons (Fsp3) is 0.389. The molecular formula is C18H22O5S. The first-order valence-corrected chi connectivity index (χ1v) is 9.61. The van der Waals surface area contributed by atoms with Crippen LogP contribution in [0, 0.1) is 0 Å². The first kappa shape index (κ1) is 18.3. The van der Waals surface area contributed by atoms with Crippen molar-refractivity contribution in [1.82, 2.24) is 0 Å². The van der Waals surface area contributed by atoms with Gasteiger partial charge in [-0.05, 0) is 24.6 Å². The molecule has 0 spiro atoms. The van der Waals surface area contributed by atoms with Gasteiger partial charge >= 0.3 is 5.97 Å². The molecule has 1 heterocycles. The average Bonchev–Trinajstić information content (AvgIpc) is 2.97. The molecule has 0 saturated carbocycles. The van der Waals surface area contributed by atoms with Crippen LogP contribution in [0.1, 0.15) is 48.1 Å². The number of hydrogen-bond acceptors (Lipinski definition) is 5. The third-order valence-corrected chi connectivity index (χ3v) is 5.36. The molecule has 0 fully saturated rings. The Balaban J connectivity index is 2.25. The van der Waals surface area contributed by atoms with Gasteiger partial charge in [0.05, 0.1) is 12.0 Å². The smallest absolute Gasteiger partial charge is 0.341 e. The summed E-state index contributed by atoms with van der Waals surface area (Å²) in [5.41, 5.74) is 0.312. The summed E-state index contributed by atoms with van der Waals surface area (Å²) >= 11 is 0. The summed E-state index contributed by atoms with van der Waals surface area (Å²) < 4.78 is 35.3. The number of hydrogen-bond donors (Lipinski definition) is 0. The minimum absolute atomic E-state index is 0.230. The normalized spacial score (nSPS) is 11.4. The van der Waals surface area contributed by atoms with Crippen molar-refractivity contribution in [3.05, 3.63) is 53.5 Å². The molecule has 1 aromatic carbocycles. The van der Waals surface area contributed by atoms with Crippen LogP contribution in [0.15, 0.2) is 45.7 Å². The maximum absolute atomic E-state index is 12.4. The van der Waals surface area contributed by atoms with Crippen molar-refractivity contribution in [3.8, 4) is 0 Å². The van der Waals surface area contributed by atoms with E-state index in [1.807, 2.05) is 0 Å². The number of methoxy groups -OCH3 is 1. The van der Waals surface area contributed by atoms with E-state index in [1.165, 1.54) is 13.2 Å². The van der Waals surface area contributed by atoms with Crippen LogP contribution < -0.4 is 0 Å².